The first kappa shape index (κ1) is 19.2. The molecule has 1 aromatic rings. The summed E-state index contributed by atoms with van der Waals surface area (Å²) in [7, 11) is -2.28. The second-order valence-corrected chi connectivity index (χ2v) is 8.43. The zero-order valence-corrected chi connectivity index (χ0v) is 15.6. The van der Waals surface area contributed by atoms with Crippen molar-refractivity contribution in [3.8, 4) is 0 Å². The Hall–Kier alpha value is -1.15. The molecular weight excluding hydrogens is 350 g/mol. The smallest absolute Gasteiger partial charge is 0.243 e. The number of benzene rings is 1. The highest BCUT2D eigenvalue weighted by atomic mass is 35.5. The highest BCUT2D eigenvalue weighted by Crippen LogP contribution is 2.18. The topological polar surface area (TPSA) is 69.7 Å². The molecule has 134 valence electrons. The quantitative estimate of drug-likeness (QED) is 0.787. The van der Waals surface area contributed by atoms with E-state index in [1.165, 1.54) is 31.3 Å². The molecule has 0 saturated carbocycles. The molecule has 2 rings (SSSR count). The van der Waals surface area contributed by atoms with Gasteiger partial charge in [-0.2, -0.15) is 4.31 Å². The van der Waals surface area contributed by atoms with Crippen LogP contribution in [-0.2, 0) is 14.8 Å². The summed E-state index contributed by atoms with van der Waals surface area (Å²) in [5, 5.41) is 3.71. The number of hydrogen-bond acceptors (Lipinski definition) is 4. The average molecular weight is 374 g/mol. The van der Waals surface area contributed by atoms with Crippen molar-refractivity contribution >= 4 is 27.5 Å². The molecule has 0 aliphatic carbocycles. The Morgan fingerprint density at radius 2 is 2.00 bits per heavy atom. The zero-order chi connectivity index (χ0) is 17.7. The van der Waals surface area contributed by atoms with Crippen LogP contribution in [-0.4, -0.2) is 62.8 Å². The molecule has 0 spiro atoms. The third-order valence-electron chi connectivity index (χ3n) is 4.14. The number of likely N-dealkylation sites (N-methyl/N-ethyl adjacent to an activating group) is 1. The maximum Gasteiger partial charge on any atom is 0.243 e. The van der Waals surface area contributed by atoms with Crippen LogP contribution in [0.4, 0.5) is 0 Å². The van der Waals surface area contributed by atoms with E-state index < -0.39 is 10.0 Å². The largest absolute Gasteiger partial charge is 0.337 e. The minimum atomic E-state index is -3.71. The first-order valence-corrected chi connectivity index (χ1v) is 9.90. The monoisotopic (exact) mass is 373 g/mol. The van der Waals surface area contributed by atoms with Crippen LogP contribution < -0.4 is 5.32 Å². The van der Waals surface area contributed by atoms with Gasteiger partial charge in [-0.1, -0.05) is 18.5 Å². The standard InChI is InChI=1S/C16H24ClN3O3S/c1-3-10-20(14-8-9-18-11-14)16(21)12-19(2)24(22,23)15-6-4-13(17)5-7-15/h4-7,14,18H,3,8-12H2,1-2H3. The van der Waals surface area contributed by atoms with Crippen LogP contribution >= 0.6 is 11.6 Å². The molecule has 1 fully saturated rings. The van der Waals surface area contributed by atoms with E-state index in [1.54, 1.807) is 4.90 Å². The molecule has 0 bridgehead atoms. The van der Waals surface area contributed by atoms with E-state index in [2.05, 4.69) is 5.32 Å². The molecule has 1 aromatic carbocycles. The van der Waals surface area contributed by atoms with Crippen LogP contribution in [0.25, 0.3) is 0 Å². The van der Waals surface area contributed by atoms with Crippen molar-refractivity contribution in [2.45, 2.75) is 30.7 Å². The lowest BCUT2D eigenvalue weighted by molar-refractivity contribution is -0.133. The van der Waals surface area contributed by atoms with E-state index >= 15 is 0 Å². The molecule has 1 aliphatic heterocycles. The molecule has 0 radical (unpaired) electrons. The van der Waals surface area contributed by atoms with E-state index in [0.717, 1.165) is 30.2 Å². The third kappa shape index (κ3) is 4.47. The normalized spacial score (nSPS) is 18.1. The molecule has 1 aliphatic rings. The average Bonchev–Trinajstić information content (AvgIpc) is 3.06. The summed E-state index contributed by atoms with van der Waals surface area (Å²) in [6.07, 6.45) is 1.75. The Kier molecular flexibility index (Phi) is 6.62. The minimum absolute atomic E-state index is 0.131. The predicted molar refractivity (Wildman–Crippen MR) is 94.5 cm³/mol. The fourth-order valence-corrected chi connectivity index (χ4v) is 4.06. The number of carbonyl (C=O) groups excluding carboxylic acids is 1. The Bertz CT molecular complexity index is 658. The second-order valence-electron chi connectivity index (χ2n) is 5.95. The van der Waals surface area contributed by atoms with Crippen LogP contribution in [0.1, 0.15) is 19.8 Å². The van der Waals surface area contributed by atoms with Crippen LogP contribution in [0.2, 0.25) is 5.02 Å². The first-order valence-electron chi connectivity index (χ1n) is 8.08. The maximum atomic E-state index is 12.6. The molecule has 1 N–H and O–H groups in total. The van der Waals surface area contributed by atoms with Gasteiger partial charge in [-0.25, -0.2) is 8.42 Å². The van der Waals surface area contributed by atoms with Gasteiger partial charge in [0.1, 0.15) is 0 Å². The SMILES string of the molecule is CCCN(C(=O)CN(C)S(=O)(=O)c1ccc(Cl)cc1)C1CCNC1. The zero-order valence-electron chi connectivity index (χ0n) is 14.0. The van der Waals surface area contributed by atoms with Gasteiger partial charge < -0.3 is 10.2 Å². The Morgan fingerprint density at radius 3 is 2.54 bits per heavy atom. The van der Waals surface area contributed by atoms with Crippen molar-refractivity contribution in [3.63, 3.8) is 0 Å². The number of hydrogen-bond donors (Lipinski definition) is 1. The number of sulfonamides is 1. The van der Waals surface area contributed by atoms with Crippen molar-refractivity contribution in [1.29, 1.82) is 0 Å². The van der Waals surface area contributed by atoms with Gasteiger partial charge in [0.15, 0.2) is 0 Å². The molecular formula is C16H24ClN3O3S. The van der Waals surface area contributed by atoms with Gasteiger partial charge >= 0.3 is 0 Å². The summed E-state index contributed by atoms with van der Waals surface area (Å²) < 4.78 is 26.3. The third-order valence-corrected chi connectivity index (χ3v) is 6.21. The summed E-state index contributed by atoms with van der Waals surface area (Å²) in [6, 6.07) is 6.09. The first-order chi connectivity index (χ1) is 11.4. The van der Waals surface area contributed by atoms with Crippen molar-refractivity contribution in [3.05, 3.63) is 29.3 Å². The van der Waals surface area contributed by atoms with Gasteiger partial charge in [-0.05, 0) is 43.7 Å². The number of halogens is 1. The van der Waals surface area contributed by atoms with E-state index in [9.17, 15) is 13.2 Å². The summed E-state index contributed by atoms with van der Waals surface area (Å²) in [5.74, 6) is -0.161. The summed E-state index contributed by atoms with van der Waals surface area (Å²) >= 11 is 5.80. The molecule has 6 nitrogen and oxygen atoms in total. The summed E-state index contributed by atoms with van der Waals surface area (Å²) in [6.45, 7) is 4.13. The lowest BCUT2D eigenvalue weighted by Gasteiger charge is -2.30. The number of rotatable bonds is 7. The van der Waals surface area contributed by atoms with Crippen molar-refractivity contribution < 1.29 is 13.2 Å². The minimum Gasteiger partial charge on any atom is -0.337 e. The molecule has 8 heteroatoms. The van der Waals surface area contributed by atoms with E-state index in [0.29, 0.717) is 11.6 Å². The Labute approximate surface area is 148 Å². The molecule has 1 amide bonds. The Morgan fingerprint density at radius 1 is 1.33 bits per heavy atom. The molecule has 1 heterocycles. The molecule has 1 saturated heterocycles. The maximum absolute atomic E-state index is 12.6. The van der Waals surface area contributed by atoms with E-state index in [1.807, 2.05) is 6.92 Å². The van der Waals surface area contributed by atoms with Gasteiger partial charge in [0.2, 0.25) is 15.9 Å². The van der Waals surface area contributed by atoms with Gasteiger partial charge in [0, 0.05) is 31.2 Å². The number of nitrogens with one attached hydrogen (secondary N) is 1. The van der Waals surface area contributed by atoms with Crippen molar-refractivity contribution in [2.75, 3.05) is 33.2 Å². The highest BCUT2D eigenvalue weighted by Gasteiger charge is 2.29. The van der Waals surface area contributed by atoms with Crippen LogP contribution in [0, 0.1) is 0 Å². The fraction of sp³-hybridized carbons (Fsp3) is 0.562. The lowest BCUT2D eigenvalue weighted by Crippen LogP contribution is -2.47. The Balaban J connectivity index is 2.09. The van der Waals surface area contributed by atoms with Gasteiger partial charge in [0.05, 0.1) is 11.4 Å². The summed E-state index contributed by atoms with van der Waals surface area (Å²) in [5.41, 5.74) is 0. The van der Waals surface area contributed by atoms with Gasteiger partial charge in [0.25, 0.3) is 0 Å². The van der Waals surface area contributed by atoms with Crippen molar-refractivity contribution in [2.24, 2.45) is 0 Å². The number of amides is 1. The van der Waals surface area contributed by atoms with Crippen molar-refractivity contribution in [1.82, 2.24) is 14.5 Å². The van der Waals surface area contributed by atoms with Gasteiger partial charge in [-0.15, -0.1) is 0 Å². The number of carbonyl (C=O) groups is 1. The lowest BCUT2D eigenvalue weighted by atomic mass is 10.2. The predicted octanol–water partition coefficient (Wildman–Crippen LogP) is 1.56. The summed E-state index contributed by atoms with van der Waals surface area (Å²) in [4.78, 5) is 14.6. The molecule has 1 atom stereocenters. The van der Waals surface area contributed by atoms with E-state index in [4.69, 9.17) is 11.6 Å². The van der Waals surface area contributed by atoms with Crippen LogP contribution in [0.15, 0.2) is 29.2 Å². The fourth-order valence-electron chi connectivity index (χ4n) is 2.81. The van der Waals surface area contributed by atoms with Crippen LogP contribution in [0.5, 0.6) is 0 Å². The molecule has 0 aromatic heterocycles. The number of nitrogens with zero attached hydrogens (tertiary/aromatic N) is 2. The van der Waals surface area contributed by atoms with Gasteiger partial charge in [-0.3, -0.25) is 4.79 Å². The highest BCUT2D eigenvalue weighted by molar-refractivity contribution is 7.89. The molecule has 24 heavy (non-hydrogen) atoms. The van der Waals surface area contributed by atoms with Crippen LogP contribution in [0.3, 0.4) is 0 Å². The molecule has 1 unspecified atom stereocenters. The second kappa shape index (κ2) is 8.29. The van der Waals surface area contributed by atoms with E-state index in [-0.39, 0.29) is 23.4 Å².